The minimum absolute atomic E-state index is 0.785. The molecule has 0 aliphatic rings. The molecule has 0 saturated carbocycles. The van der Waals surface area contributed by atoms with Gasteiger partial charge in [0.1, 0.15) is 0 Å². The summed E-state index contributed by atoms with van der Waals surface area (Å²) in [6.07, 6.45) is 0. The van der Waals surface area contributed by atoms with Gasteiger partial charge in [0, 0.05) is 0 Å². The zero-order chi connectivity index (χ0) is 7.00. The molecular formula is C2BrClF3I. The molecule has 8 heavy (non-hydrogen) atoms. The van der Waals surface area contributed by atoms with Crippen molar-refractivity contribution < 1.29 is 13.2 Å². The summed E-state index contributed by atoms with van der Waals surface area (Å²) in [7, 11) is 0. The molecule has 0 aliphatic carbocycles. The second kappa shape index (κ2) is 2.49. The van der Waals surface area contributed by atoms with E-state index in [4.69, 9.17) is 0 Å². The topological polar surface area (TPSA) is 0 Å². The van der Waals surface area contributed by atoms with Crippen molar-refractivity contribution in [2.75, 3.05) is 0 Å². The summed E-state index contributed by atoms with van der Waals surface area (Å²) in [5.74, 6) is 0. The van der Waals surface area contributed by atoms with Crippen LogP contribution in [0.2, 0.25) is 0 Å². The van der Waals surface area contributed by atoms with Crippen molar-refractivity contribution in [3.8, 4) is 0 Å². The largest absolute Gasteiger partial charge is 0.357 e. The molecule has 0 aromatic carbocycles. The molecule has 0 aromatic rings. The Balaban J connectivity index is 4.02. The fraction of sp³-hybridized carbons (Fsp3) is 1.00. The fourth-order valence-corrected chi connectivity index (χ4v) is 0. The molecule has 0 rings (SSSR count). The molecule has 0 aromatic heterocycles. The highest BCUT2D eigenvalue weighted by atomic mass is 127. The summed E-state index contributed by atoms with van der Waals surface area (Å²) in [6, 6.07) is 0. The van der Waals surface area contributed by atoms with Gasteiger partial charge in [0.15, 0.2) is 0 Å². The van der Waals surface area contributed by atoms with E-state index in [-0.39, 0.29) is 0 Å². The summed E-state index contributed by atoms with van der Waals surface area (Å²) in [5, 5.41) is 0. The Labute approximate surface area is 71.0 Å². The first-order valence-electron chi connectivity index (χ1n) is 1.38. The first-order valence-corrected chi connectivity index (χ1v) is 3.63. The minimum atomic E-state index is -3.66. The second-order valence-electron chi connectivity index (χ2n) is 0.996. The molecule has 0 heterocycles. The molecule has 0 unspecified atom stereocenters. The molecule has 0 amide bonds. The Morgan fingerprint density at radius 2 is 1.50 bits per heavy atom. The van der Waals surface area contributed by atoms with Gasteiger partial charge in [0.25, 0.3) is 0 Å². The Morgan fingerprint density at radius 3 is 1.50 bits per heavy atom. The first kappa shape index (κ1) is 9.29. The highest BCUT2D eigenvalue weighted by Gasteiger charge is 2.49. The van der Waals surface area contributed by atoms with Gasteiger partial charge in [-0.05, 0) is 38.5 Å². The van der Waals surface area contributed by atoms with Gasteiger partial charge in [0.2, 0.25) is 0 Å². The zero-order valence-corrected chi connectivity index (χ0v) is 7.77. The minimum Gasteiger partial charge on any atom is -0.207 e. The molecule has 0 saturated heterocycles. The van der Waals surface area contributed by atoms with E-state index in [1.54, 1.807) is 15.9 Å². The van der Waals surface area contributed by atoms with E-state index in [0.717, 1.165) is 22.6 Å². The number of hydrogen-bond acceptors (Lipinski definition) is 0. The third-order valence-electron chi connectivity index (χ3n) is 0.321. The molecule has 0 fully saturated rings. The summed E-state index contributed by atoms with van der Waals surface area (Å²) >= 11 is 7.07. The maximum atomic E-state index is 11.9. The molecule has 1 atom stereocenters. The highest BCUT2D eigenvalue weighted by molar-refractivity contribution is 14.1. The number of hydrogen-bond donors (Lipinski definition) is 0. The molecule has 0 bridgehead atoms. The van der Waals surface area contributed by atoms with Crippen LogP contribution in [0.4, 0.5) is 13.2 Å². The lowest BCUT2D eigenvalue weighted by atomic mass is 10.8. The number of rotatable bonds is 1. The predicted octanol–water partition coefficient (Wildman–Crippen LogP) is 3.27. The van der Waals surface area contributed by atoms with Crippen LogP contribution in [0, 0.1) is 0 Å². The molecule has 0 N–H and O–H groups in total. The SMILES string of the molecule is FC(F)(Br)[C@@](F)(Cl)I. The zero-order valence-electron chi connectivity index (χ0n) is 3.27. The molecule has 0 aliphatic heterocycles. The van der Waals surface area contributed by atoms with Crippen molar-refractivity contribution in [3.63, 3.8) is 0 Å². The maximum Gasteiger partial charge on any atom is 0.357 e. The third kappa shape index (κ3) is 2.72. The monoisotopic (exact) mass is 322 g/mol. The Kier molecular flexibility index (Phi) is 2.90. The molecule has 0 radical (unpaired) electrons. The van der Waals surface area contributed by atoms with E-state index in [1.807, 2.05) is 0 Å². The van der Waals surface area contributed by atoms with Gasteiger partial charge < -0.3 is 0 Å². The van der Waals surface area contributed by atoms with Crippen LogP contribution < -0.4 is 0 Å². The lowest BCUT2D eigenvalue weighted by Crippen LogP contribution is -2.25. The molecular weight excluding hydrogens is 323 g/mol. The summed E-state index contributed by atoms with van der Waals surface area (Å²) in [5.41, 5.74) is 0. The Morgan fingerprint density at radius 1 is 1.38 bits per heavy atom. The van der Waals surface area contributed by atoms with Crippen LogP contribution in [0.5, 0.6) is 0 Å². The van der Waals surface area contributed by atoms with Crippen LogP contribution in [0.25, 0.3) is 0 Å². The average molecular weight is 323 g/mol. The molecule has 50 valence electrons. The van der Waals surface area contributed by atoms with Gasteiger partial charge in [-0.25, -0.2) is 4.39 Å². The van der Waals surface area contributed by atoms with Gasteiger partial charge in [-0.2, -0.15) is 8.78 Å². The van der Waals surface area contributed by atoms with Gasteiger partial charge in [-0.3, -0.25) is 0 Å². The molecule has 6 heteroatoms. The highest BCUT2D eigenvalue weighted by Crippen LogP contribution is 2.45. The van der Waals surface area contributed by atoms with Crippen LogP contribution in [-0.4, -0.2) is 7.97 Å². The van der Waals surface area contributed by atoms with E-state index < -0.39 is 7.97 Å². The van der Waals surface area contributed by atoms with Crippen molar-refractivity contribution in [1.82, 2.24) is 0 Å². The quantitative estimate of drug-likeness (QED) is 0.513. The van der Waals surface area contributed by atoms with E-state index in [9.17, 15) is 13.2 Å². The predicted molar refractivity (Wildman–Crippen MR) is 37.6 cm³/mol. The van der Waals surface area contributed by atoms with E-state index >= 15 is 0 Å². The Hall–Kier alpha value is 1.29. The van der Waals surface area contributed by atoms with Crippen molar-refractivity contribution in [2.24, 2.45) is 0 Å². The summed E-state index contributed by atoms with van der Waals surface area (Å²) < 4.78 is 32.1. The summed E-state index contributed by atoms with van der Waals surface area (Å²) in [6.45, 7) is 0. The van der Waals surface area contributed by atoms with E-state index in [2.05, 4.69) is 11.6 Å². The van der Waals surface area contributed by atoms with Gasteiger partial charge in [-0.15, -0.1) is 0 Å². The van der Waals surface area contributed by atoms with E-state index in [0.29, 0.717) is 0 Å². The van der Waals surface area contributed by atoms with Crippen molar-refractivity contribution in [1.29, 1.82) is 0 Å². The number of halogens is 6. The number of alkyl halides is 6. The van der Waals surface area contributed by atoms with Gasteiger partial charge in [0.05, 0.1) is 0 Å². The Bertz CT molecular complexity index is 72.3. The fourth-order valence-electron chi connectivity index (χ4n) is 0. The van der Waals surface area contributed by atoms with Gasteiger partial charge in [-0.1, -0.05) is 11.6 Å². The van der Waals surface area contributed by atoms with Crippen LogP contribution >= 0.6 is 50.1 Å². The third-order valence-corrected chi connectivity index (χ3v) is 2.75. The van der Waals surface area contributed by atoms with Gasteiger partial charge >= 0.3 is 7.97 Å². The van der Waals surface area contributed by atoms with Crippen LogP contribution in [0.1, 0.15) is 0 Å². The average Bonchev–Trinajstić information content (AvgIpc) is 1.25. The van der Waals surface area contributed by atoms with Crippen molar-refractivity contribution in [3.05, 3.63) is 0 Å². The molecule has 0 spiro atoms. The second-order valence-corrected chi connectivity index (χ2v) is 4.64. The smallest absolute Gasteiger partial charge is 0.207 e. The van der Waals surface area contributed by atoms with Crippen LogP contribution in [-0.2, 0) is 0 Å². The normalized spacial score (nSPS) is 20.2. The van der Waals surface area contributed by atoms with Crippen molar-refractivity contribution in [2.45, 2.75) is 7.97 Å². The van der Waals surface area contributed by atoms with Crippen LogP contribution in [0.3, 0.4) is 0 Å². The summed E-state index contributed by atoms with van der Waals surface area (Å²) in [4.78, 5) is -3.66. The lowest BCUT2D eigenvalue weighted by Gasteiger charge is -2.14. The first-order chi connectivity index (χ1) is 3.25. The standard InChI is InChI=1S/C2BrClF3I/c3-1(5,6)2(4,7)8/t2-/m0/s1. The maximum absolute atomic E-state index is 11.9. The molecule has 0 nitrogen and oxygen atoms in total. The van der Waals surface area contributed by atoms with E-state index in [1.165, 1.54) is 0 Å². The lowest BCUT2D eigenvalue weighted by molar-refractivity contribution is 0.0531. The van der Waals surface area contributed by atoms with Crippen molar-refractivity contribution >= 4 is 50.1 Å². The van der Waals surface area contributed by atoms with Crippen LogP contribution in [0.15, 0.2) is 0 Å².